The highest BCUT2D eigenvalue weighted by Crippen LogP contribution is 2.30. The number of nitrogens with one attached hydrogen (secondary N) is 1. The van der Waals surface area contributed by atoms with Crippen LogP contribution in [0.15, 0.2) is 23.1 Å². The van der Waals surface area contributed by atoms with Crippen LogP contribution in [0.4, 0.5) is 5.69 Å². The fraction of sp³-hybridized carbons (Fsp3) is 0.455. The predicted molar refractivity (Wildman–Crippen MR) is 70.2 cm³/mol. The molecule has 1 N–H and O–H groups in total. The summed E-state index contributed by atoms with van der Waals surface area (Å²) in [4.78, 5) is 10.2. The van der Waals surface area contributed by atoms with Gasteiger partial charge in [0.2, 0.25) is 0 Å². The molecule has 1 unspecified atom stereocenters. The van der Waals surface area contributed by atoms with Crippen molar-refractivity contribution in [2.24, 2.45) is 0 Å². The number of nitro benzene ring substituents is 1. The van der Waals surface area contributed by atoms with Gasteiger partial charge in [0, 0.05) is 18.9 Å². The van der Waals surface area contributed by atoms with E-state index in [2.05, 4.69) is 5.32 Å². The van der Waals surface area contributed by atoms with E-state index in [1.54, 1.807) is 14.0 Å². The van der Waals surface area contributed by atoms with Crippen molar-refractivity contribution in [1.29, 1.82) is 0 Å². The Kier molecular flexibility index (Phi) is 4.84. The predicted octanol–water partition coefficient (Wildman–Crippen LogP) is 0.985. The Balaban J connectivity index is 3.16. The summed E-state index contributed by atoms with van der Waals surface area (Å²) in [5, 5.41) is 13.8. The number of ether oxygens (including phenoxy) is 1. The van der Waals surface area contributed by atoms with Gasteiger partial charge in [0.15, 0.2) is 15.6 Å². The molecule has 1 aromatic rings. The van der Waals surface area contributed by atoms with Gasteiger partial charge in [-0.2, -0.15) is 0 Å². The molecule has 0 saturated heterocycles. The topological polar surface area (TPSA) is 98.5 Å². The summed E-state index contributed by atoms with van der Waals surface area (Å²) < 4.78 is 28.2. The SMILES string of the molecule is CNCC(C)Oc1ccc(S(C)(=O)=O)cc1[N+](=O)[O-]. The summed E-state index contributed by atoms with van der Waals surface area (Å²) >= 11 is 0. The summed E-state index contributed by atoms with van der Waals surface area (Å²) in [7, 11) is -1.75. The number of nitrogens with zero attached hydrogens (tertiary/aromatic N) is 1. The van der Waals surface area contributed by atoms with Crippen molar-refractivity contribution in [3.8, 4) is 5.75 Å². The Bertz CT molecular complexity index is 570. The number of hydrogen-bond acceptors (Lipinski definition) is 6. The number of rotatable bonds is 6. The first-order valence-corrected chi connectivity index (χ1v) is 7.44. The van der Waals surface area contributed by atoms with Crippen LogP contribution in [0.3, 0.4) is 0 Å². The van der Waals surface area contributed by atoms with Gasteiger partial charge < -0.3 is 10.1 Å². The quantitative estimate of drug-likeness (QED) is 0.619. The second kappa shape index (κ2) is 5.98. The third-order valence-corrected chi connectivity index (χ3v) is 3.49. The van der Waals surface area contributed by atoms with E-state index in [-0.39, 0.29) is 22.4 Å². The number of sulfone groups is 1. The van der Waals surface area contributed by atoms with E-state index >= 15 is 0 Å². The van der Waals surface area contributed by atoms with Gasteiger partial charge >= 0.3 is 5.69 Å². The van der Waals surface area contributed by atoms with E-state index in [1.165, 1.54) is 12.1 Å². The van der Waals surface area contributed by atoms with E-state index in [0.29, 0.717) is 6.54 Å². The minimum absolute atomic E-state index is 0.0557. The molecule has 8 heteroatoms. The van der Waals surface area contributed by atoms with Crippen LogP contribution in [0.25, 0.3) is 0 Å². The van der Waals surface area contributed by atoms with Crippen LogP contribution < -0.4 is 10.1 Å². The van der Waals surface area contributed by atoms with Crippen LogP contribution in [-0.4, -0.2) is 39.3 Å². The molecule has 1 rings (SSSR count). The number of nitro groups is 1. The standard InChI is InChI=1S/C11H16N2O5S/c1-8(7-12-2)18-11-5-4-9(19(3,16)17)6-10(11)13(14)15/h4-6,8,12H,7H2,1-3H3. The van der Waals surface area contributed by atoms with Gasteiger partial charge in [-0.15, -0.1) is 0 Å². The van der Waals surface area contributed by atoms with Crippen molar-refractivity contribution in [2.75, 3.05) is 19.8 Å². The largest absolute Gasteiger partial charge is 0.482 e. The lowest BCUT2D eigenvalue weighted by atomic mass is 10.3. The average molecular weight is 288 g/mol. The maximum Gasteiger partial charge on any atom is 0.312 e. The molecular weight excluding hydrogens is 272 g/mol. The normalized spacial score (nSPS) is 13.0. The van der Waals surface area contributed by atoms with Crippen LogP contribution >= 0.6 is 0 Å². The summed E-state index contributed by atoms with van der Waals surface area (Å²) in [6.45, 7) is 2.27. The highest BCUT2D eigenvalue weighted by molar-refractivity contribution is 7.90. The van der Waals surface area contributed by atoms with E-state index in [4.69, 9.17) is 4.74 Å². The molecule has 0 saturated carbocycles. The minimum atomic E-state index is -3.49. The second-order valence-electron chi connectivity index (χ2n) is 4.14. The Morgan fingerprint density at radius 2 is 2.11 bits per heavy atom. The van der Waals surface area contributed by atoms with E-state index < -0.39 is 14.8 Å². The van der Waals surface area contributed by atoms with E-state index in [9.17, 15) is 18.5 Å². The summed E-state index contributed by atoms with van der Waals surface area (Å²) in [6.07, 6.45) is 0.726. The molecule has 0 heterocycles. The maximum atomic E-state index is 11.4. The Morgan fingerprint density at radius 3 is 2.58 bits per heavy atom. The van der Waals surface area contributed by atoms with Gasteiger partial charge in [0.25, 0.3) is 0 Å². The monoisotopic (exact) mass is 288 g/mol. The lowest BCUT2D eigenvalue weighted by Gasteiger charge is -2.14. The zero-order valence-electron chi connectivity index (χ0n) is 10.9. The molecule has 1 aromatic carbocycles. The summed E-state index contributed by atoms with van der Waals surface area (Å²) in [6, 6.07) is 3.61. The van der Waals surface area contributed by atoms with Crippen molar-refractivity contribution in [2.45, 2.75) is 17.9 Å². The fourth-order valence-electron chi connectivity index (χ4n) is 1.52. The first-order valence-electron chi connectivity index (χ1n) is 5.55. The fourth-order valence-corrected chi connectivity index (χ4v) is 2.16. The van der Waals surface area contributed by atoms with Gasteiger partial charge in [-0.25, -0.2) is 8.42 Å². The van der Waals surface area contributed by atoms with E-state index in [0.717, 1.165) is 12.3 Å². The molecular formula is C11H16N2O5S. The molecule has 0 aromatic heterocycles. The Hall–Kier alpha value is -1.67. The van der Waals surface area contributed by atoms with Crippen molar-refractivity contribution >= 4 is 15.5 Å². The zero-order chi connectivity index (χ0) is 14.6. The molecule has 1 atom stereocenters. The van der Waals surface area contributed by atoms with Crippen LogP contribution in [0, 0.1) is 10.1 Å². The molecule has 0 amide bonds. The molecule has 0 aliphatic carbocycles. The lowest BCUT2D eigenvalue weighted by molar-refractivity contribution is -0.386. The smallest absolute Gasteiger partial charge is 0.312 e. The minimum Gasteiger partial charge on any atom is -0.482 e. The highest BCUT2D eigenvalue weighted by atomic mass is 32.2. The van der Waals surface area contributed by atoms with E-state index in [1.807, 2.05) is 0 Å². The van der Waals surface area contributed by atoms with Crippen LogP contribution in [0.1, 0.15) is 6.92 Å². The molecule has 19 heavy (non-hydrogen) atoms. The first-order chi connectivity index (χ1) is 8.75. The maximum absolute atomic E-state index is 11.4. The molecule has 106 valence electrons. The number of likely N-dealkylation sites (N-methyl/N-ethyl adjacent to an activating group) is 1. The Morgan fingerprint density at radius 1 is 1.47 bits per heavy atom. The Labute approximate surface area is 111 Å². The number of hydrogen-bond donors (Lipinski definition) is 1. The van der Waals surface area contributed by atoms with Gasteiger partial charge in [0.05, 0.1) is 9.82 Å². The highest BCUT2D eigenvalue weighted by Gasteiger charge is 2.21. The second-order valence-corrected chi connectivity index (χ2v) is 6.16. The van der Waals surface area contributed by atoms with Crippen LogP contribution in [0.5, 0.6) is 5.75 Å². The average Bonchev–Trinajstić information content (AvgIpc) is 2.27. The molecule has 0 aliphatic rings. The van der Waals surface area contributed by atoms with Crippen molar-refractivity contribution in [1.82, 2.24) is 5.32 Å². The van der Waals surface area contributed by atoms with Gasteiger partial charge in [-0.1, -0.05) is 0 Å². The molecule has 0 fully saturated rings. The summed E-state index contributed by atoms with van der Waals surface area (Å²) in [5.41, 5.74) is -0.356. The van der Waals surface area contributed by atoms with Crippen molar-refractivity contribution in [3.63, 3.8) is 0 Å². The van der Waals surface area contributed by atoms with Gasteiger partial charge in [0.1, 0.15) is 6.10 Å². The third kappa shape index (κ3) is 4.18. The first kappa shape index (κ1) is 15.4. The molecule has 7 nitrogen and oxygen atoms in total. The molecule has 0 radical (unpaired) electrons. The molecule has 0 bridgehead atoms. The number of benzene rings is 1. The molecule has 0 spiro atoms. The molecule has 0 aliphatic heterocycles. The van der Waals surface area contributed by atoms with Gasteiger partial charge in [-0.05, 0) is 26.1 Å². The van der Waals surface area contributed by atoms with Crippen LogP contribution in [-0.2, 0) is 9.84 Å². The van der Waals surface area contributed by atoms with Crippen LogP contribution in [0.2, 0.25) is 0 Å². The lowest BCUT2D eigenvalue weighted by Crippen LogP contribution is -2.26. The zero-order valence-corrected chi connectivity index (χ0v) is 11.7. The van der Waals surface area contributed by atoms with Gasteiger partial charge in [-0.3, -0.25) is 10.1 Å². The van der Waals surface area contributed by atoms with Crippen molar-refractivity contribution < 1.29 is 18.1 Å². The van der Waals surface area contributed by atoms with Crippen molar-refractivity contribution in [3.05, 3.63) is 28.3 Å². The third-order valence-electron chi connectivity index (χ3n) is 2.37. The summed E-state index contributed by atoms with van der Waals surface area (Å²) in [5.74, 6) is 0.0557.